The maximum Gasteiger partial charge on any atom is 0.416 e. The van der Waals surface area contributed by atoms with Crippen LogP contribution in [0.2, 0.25) is 0 Å². The minimum absolute atomic E-state index is 0.0256. The fourth-order valence-electron chi connectivity index (χ4n) is 2.77. The Labute approximate surface area is 159 Å². The topological polar surface area (TPSA) is 49.3 Å². The van der Waals surface area contributed by atoms with Crippen LogP contribution in [0.15, 0.2) is 42.5 Å². The summed E-state index contributed by atoms with van der Waals surface area (Å²) in [6.45, 7) is 1.70. The fraction of sp³-hybridized carbons (Fsp3) is 0.350. The number of benzene rings is 2. The zero-order valence-corrected chi connectivity index (χ0v) is 15.1. The van der Waals surface area contributed by atoms with Crippen LogP contribution in [0.4, 0.5) is 22.0 Å². The van der Waals surface area contributed by atoms with E-state index < -0.39 is 41.4 Å². The van der Waals surface area contributed by atoms with E-state index in [1.165, 1.54) is 0 Å². The fourth-order valence-corrected chi connectivity index (χ4v) is 2.77. The molecule has 2 atom stereocenters. The van der Waals surface area contributed by atoms with E-state index in [0.29, 0.717) is 6.42 Å². The van der Waals surface area contributed by atoms with Gasteiger partial charge in [0.2, 0.25) is 5.91 Å². The van der Waals surface area contributed by atoms with E-state index in [-0.39, 0.29) is 24.0 Å². The van der Waals surface area contributed by atoms with E-state index in [4.69, 9.17) is 0 Å². The second kappa shape index (κ2) is 9.14. The molecule has 8 heteroatoms. The Hall–Kier alpha value is -2.48. The van der Waals surface area contributed by atoms with Crippen LogP contribution in [0.3, 0.4) is 0 Å². The van der Waals surface area contributed by atoms with Crippen LogP contribution in [0.1, 0.15) is 42.6 Å². The number of hydrogen-bond acceptors (Lipinski definition) is 2. The lowest BCUT2D eigenvalue weighted by Crippen LogP contribution is -2.39. The molecule has 28 heavy (non-hydrogen) atoms. The normalized spacial score (nSPS) is 13.8. The molecule has 2 rings (SSSR count). The first-order valence-electron chi connectivity index (χ1n) is 8.70. The van der Waals surface area contributed by atoms with Gasteiger partial charge in [-0.3, -0.25) is 4.79 Å². The van der Waals surface area contributed by atoms with Crippen LogP contribution in [0.25, 0.3) is 0 Å². The van der Waals surface area contributed by atoms with Crippen LogP contribution in [0, 0.1) is 11.6 Å². The maximum atomic E-state index is 13.6. The van der Waals surface area contributed by atoms with Crippen molar-refractivity contribution in [3.63, 3.8) is 0 Å². The largest absolute Gasteiger partial charge is 0.416 e. The lowest BCUT2D eigenvalue weighted by Gasteiger charge is -2.23. The third kappa shape index (κ3) is 5.76. The van der Waals surface area contributed by atoms with Gasteiger partial charge < -0.3 is 10.4 Å². The molecule has 0 aliphatic rings. The van der Waals surface area contributed by atoms with Gasteiger partial charge in [-0.05, 0) is 54.3 Å². The monoisotopic (exact) mass is 401 g/mol. The van der Waals surface area contributed by atoms with E-state index >= 15 is 0 Å². The number of carbonyl (C=O) groups excluding carboxylic acids is 1. The molecule has 0 spiro atoms. The minimum atomic E-state index is -4.48. The summed E-state index contributed by atoms with van der Waals surface area (Å²) in [5, 5.41) is 13.0. The molecule has 0 aromatic heterocycles. The van der Waals surface area contributed by atoms with Crippen molar-refractivity contribution in [2.75, 3.05) is 0 Å². The second-order valence-electron chi connectivity index (χ2n) is 6.38. The van der Waals surface area contributed by atoms with Crippen molar-refractivity contribution in [2.24, 2.45) is 0 Å². The molecule has 2 N–H and O–H groups in total. The Balaban J connectivity index is 1.98. The van der Waals surface area contributed by atoms with Crippen molar-refractivity contribution in [3.8, 4) is 0 Å². The van der Waals surface area contributed by atoms with Crippen molar-refractivity contribution >= 4 is 5.91 Å². The number of halogens is 5. The smallest absolute Gasteiger partial charge is 0.386 e. The van der Waals surface area contributed by atoms with Crippen LogP contribution >= 0.6 is 0 Å². The molecule has 0 fully saturated rings. The van der Waals surface area contributed by atoms with Gasteiger partial charge in [-0.25, -0.2) is 8.78 Å². The molecule has 0 bridgehead atoms. The lowest BCUT2D eigenvalue weighted by atomic mass is 9.98. The number of carbonyl (C=O) groups is 1. The highest BCUT2D eigenvalue weighted by Crippen LogP contribution is 2.30. The van der Waals surface area contributed by atoms with Crippen LogP contribution in [0.5, 0.6) is 0 Å². The number of nitrogens with one attached hydrogen (secondary N) is 1. The van der Waals surface area contributed by atoms with Crippen molar-refractivity contribution < 1.29 is 31.9 Å². The van der Waals surface area contributed by atoms with Crippen molar-refractivity contribution in [1.82, 2.24) is 5.32 Å². The summed E-state index contributed by atoms with van der Waals surface area (Å²) in [5.74, 6) is -1.71. The number of aryl methyl sites for hydroxylation is 1. The zero-order chi connectivity index (χ0) is 20.9. The van der Waals surface area contributed by atoms with Gasteiger partial charge in [-0.2, -0.15) is 13.2 Å². The summed E-state index contributed by atoms with van der Waals surface area (Å²) in [6.07, 6.45) is -5.52. The molecule has 0 heterocycles. The predicted molar refractivity (Wildman–Crippen MR) is 93.3 cm³/mol. The van der Waals surface area contributed by atoms with Crippen LogP contribution < -0.4 is 5.32 Å². The molecular weight excluding hydrogens is 381 g/mol. The predicted octanol–water partition coefficient (Wildman–Crippen LogP) is 4.54. The zero-order valence-electron chi connectivity index (χ0n) is 15.1. The van der Waals surface area contributed by atoms with Crippen molar-refractivity contribution in [1.29, 1.82) is 0 Å². The first-order valence-corrected chi connectivity index (χ1v) is 8.70. The molecule has 1 amide bonds. The molecule has 0 radical (unpaired) electrons. The van der Waals surface area contributed by atoms with Crippen molar-refractivity contribution in [3.05, 3.63) is 70.8 Å². The highest BCUT2D eigenvalue weighted by molar-refractivity contribution is 5.76. The molecule has 3 nitrogen and oxygen atoms in total. The second-order valence-corrected chi connectivity index (χ2v) is 6.38. The Kier molecular flexibility index (Phi) is 7.12. The highest BCUT2D eigenvalue weighted by Gasteiger charge is 2.30. The number of alkyl halides is 3. The average molecular weight is 401 g/mol. The summed E-state index contributed by atoms with van der Waals surface area (Å²) >= 11 is 0. The Morgan fingerprint density at radius 3 is 2.32 bits per heavy atom. The quantitative estimate of drug-likeness (QED) is 0.669. The molecule has 0 unspecified atom stereocenters. The SMILES string of the molecule is CC[C@@H](NC(=O)CCc1cc(F)ccc1F)[C@@H](O)c1ccc(C(F)(F)F)cc1. The summed E-state index contributed by atoms with van der Waals surface area (Å²) in [5.41, 5.74) is -0.541. The highest BCUT2D eigenvalue weighted by atomic mass is 19.4. The van der Waals surface area contributed by atoms with E-state index in [0.717, 1.165) is 42.5 Å². The van der Waals surface area contributed by atoms with Crippen LogP contribution in [-0.4, -0.2) is 17.1 Å². The molecular formula is C20H20F5NO2. The average Bonchev–Trinajstić information content (AvgIpc) is 2.65. The van der Waals surface area contributed by atoms with E-state index in [1.807, 2.05) is 0 Å². The summed E-state index contributed by atoms with van der Waals surface area (Å²) in [4.78, 5) is 12.1. The summed E-state index contributed by atoms with van der Waals surface area (Å²) in [7, 11) is 0. The molecule has 2 aromatic rings. The van der Waals surface area contributed by atoms with E-state index in [1.54, 1.807) is 6.92 Å². The number of hydrogen-bond donors (Lipinski definition) is 2. The molecule has 0 aliphatic carbocycles. The molecule has 152 valence electrons. The molecule has 0 saturated carbocycles. The standard InChI is InChI=1S/C20H20F5NO2/c1-2-17(19(28)12-3-6-14(7-4-12)20(23,24)25)26-18(27)10-5-13-11-15(21)8-9-16(13)22/h3-4,6-9,11,17,19,28H,2,5,10H2,1H3,(H,26,27)/t17-,19+/m1/s1. The number of rotatable bonds is 7. The number of aliphatic hydroxyl groups excluding tert-OH is 1. The lowest BCUT2D eigenvalue weighted by molar-refractivity contribution is -0.137. The first kappa shape index (κ1) is 21.8. The van der Waals surface area contributed by atoms with Gasteiger partial charge in [0.15, 0.2) is 0 Å². The number of aliphatic hydroxyl groups is 1. The van der Waals surface area contributed by atoms with Gasteiger partial charge in [0.25, 0.3) is 0 Å². The molecule has 0 aliphatic heterocycles. The Bertz CT molecular complexity index is 805. The van der Waals surface area contributed by atoms with Gasteiger partial charge in [0.1, 0.15) is 11.6 Å². The van der Waals surface area contributed by atoms with Gasteiger partial charge in [0, 0.05) is 6.42 Å². The van der Waals surface area contributed by atoms with Gasteiger partial charge >= 0.3 is 6.18 Å². The third-order valence-electron chi connectivity index (χ3n) is 4.38. The summed E-state index contributed by atoms with van der Waals surface area (Å²) < 4.78 is 64.6. The minimum Gasteiger partial charge on any atom is -0.386 e. The Morgan fingerprint density at radius 1 is 1.11 bits per heavy atom. The third-order valence-corrected chi connectivity index (χ3v) is 4.38. The van der Waals surface area contributed by atoms with Crippen LogP contribution in [-0.2, 0) is 17.4 Å². The van der Waals surface area contributed by atoms with Crippen molar-refractivity contribution in [2.45, 2.75) is 44.5 Å². The molecule has 2 aromatic carbocycles. The van der Waals surface area contributed by atoms with Gasteiger partial charge in [-0.15, -0.1) is 0 Å². The number of amides is 1. The Morgan fingerprint density at radius 2 is 1.75 bits per heavy atom. The maximum absolute atomic E-state index is 13.6. The van der Waals surface area contributed by atoms with E-state index in [9.17, 15) is 31.9 Å². The first-order chi connectivity index (χ1) is 13.1. The summed E-state index contributed by atoms with van der Waals surface area (Å²) in [6, 6.07) is 6.27. The van der Waals surface area contributed by atoms with Gasteiger partial charge in [-0.1, -0.05) is 19.1 Å². The van der Waals surface area contributed by atoms with E-state index in [2.05, 4.69) is 5.32 Å². The van der Waals surface area contributed by atoms with Gasteiger partial charge in [0.05, 0.1) is 17.7 Å². The molecule has 0 saturated heterocycles.